The molecule has 2 N–H and O–H groups in total. The third-order valence-corrected chi connectivity index (χ3v) is 6.29. The first-order valence-electron chi connectivity index (χ1n) is 10.7. The molecule has 0 saturated heterocycles. The average molecular weight is 454 g/mol. The molecule has 0 radical (unpaired) electrons. The first-order valence-corrected chi connectivity index (χ1v) is 11.5. The van der Waals surface area contributed by atoms with Gasteiger partial charge in [0.1, 0.15) is 16.8 Å². The standard InChI is InChI=1S/C24H27N3O4S/c1-3-26-24(29)31-15-16-9-11-18-19(14-25)23(32-21(18)13-16)27-22(28)12-10-17-7-5-6-8-20(17)30-4-2/h5-8,10,12,16H,3-4,9,11,13,15H2,1-2H3,(H,26,29)(H,27,28). The van der Waals surface area contributed by atoms with E-state index in [1.807, 2.05) is 38.1 Å². The molecular weight excluding hydrogens is 426 g/mol. The highest BCUT2D eigenvalue weighted by Crippen LogP contribution is 2.39. The Bertz CT molecular complexity index is 1040. The topological polar surface area (TPSA) is 100 Å². The van der Waals surface area contributed by atoms with Crippen LogP contribution in [-0.4, -0.2) is 31.8 Å². The Morgan fingerprint density at radius 2 is 2.12 bits per heavy atom. The van der Waals surface area contributed by atoms with E-state index in [2.05, 4.69) is 16.7 Å². The van der Waals surface area contributed by atoms with Gasteiger partial charge in [-0.2, -0.15) is 5.26 Å². The molecule has 168 valence electrons. The summed E-state index contributed by atoms with van der Waals surface area (Å²) in [6.45, 7) is 5.16. The van der Waals surface area contributed by atoms with Crippen molar-refractivity contribution in [3.63, 3.8) is 0 Å². The molecule has 1 unspecified atom stereocenters. The van der Waals surface area contributed by atoms with E-state index in [1.54, 1.807) is 6.08 Å². The van der Waals surface area contributed by atoms with Gasteiger partial charge in [-0.3, -0.25) is 4.79 Å². The number of para-hydroxylation sites is 1. The Morgan fingerprint density at radius 1 is 1.31 bits per heavy atom. The molecule has 0 bridgehead atoms. The molecule has 1 aromatic heterocycles. The monoisotopic (exact) mass is 453 g/mol. The van der Waals surface area contributed by atoms with Crippen molar-refractivity contribution >= 4 is 34.4 Å². The number of hydrogen-bond donors (Lipinski definition) is 2. The molecule has 0 saturated carbocycles. The minimum absolute atomic E-state index is 0.203. The minimum atomic E-state index is -0.409. The van der Waals surface area contributed by atoms with Crippen molar-refractivity contribution in [1.29, 1.82) is 5.26 Å². The van der Waals surface area contributed by atoms with Crippen molar-refractivity contribution in [3.8, 4) is 11.8 Å². The van der Waals surface area contributed by atoms with Crippen LogP contribution in [0.3, 0.4) is 0 Å². The van der Waals surface area contributed by atoms with E-state index < -0.39 is 6.09 Å². The van der Waals surface area contributed by atoms with Crippen LogP contribution < -0.4 is 15.4 Å². The van der Waals surface area contributed by atoms with Gasteiger partial charge in [-0.05, 0) is 56.7 Å². The molecule has 2 amide bonds. The fourth-order valence-corrected chi connectivity index (χ4v) is 4.93. The van der Waals surface area contributed by atoms with E-state index >= 15 is 0 Å². The van der Waals surface area contributed by atoms with E-state index in [0.717, 1.165) is 35.3 Å². The molecule has 0 aliphatic heterocycles. The van der Waals surface area contributed by atoms with Crippen molar-refractivity contribution in [2.45, 2.75) is 33.1 Å². The second-order valence-corrected chi connectivity index (χ2v) is 8.46. The molecule has 32 heavy (non-hydrogen) atoms. The molecule has 1 aliphatic carbocycles. The Kier molecular flexibility index (Phi) is 8.28. The summed E-state index contributed by atoms with van der Waals surface area (Å²) in [5.74, 6) is 0.612. The highest BCUT2D eigenvalue weighted by atomic mass is 32.1. The lowest BCUT2D eigenvalue weighted by molar-refractivity contribution is -0.111. The fraction of sp³-hybridized carbons (Fsp3) is 0.375. The second-order valence-electron chi connectivity index (χ2n) is 7.35. The first-order chi connectivity index (χ1) is 15.5. The number of ether oxygens (including phenoxy) is 2. The summed E-state index contributed by atoms with van der Waals surface area (Å²) in [4.78, 5) is 25.1. The van der Waals surface area contributed by atoms with Crippen molar-refractivity contribution in [3.05, 3.63) is 51.9 Å². The SMILES string of the molecule is CCNC(=O)OCC1CCc2c(sc(NC(=O)C=Cc3ccccc3OCC)c2C#N)C1. The Morgan fingerprint density at radius 3 is 2.88 bits per heavy atom. The Labute approximate surface area is 192 Å². The number of carbonyl (C=O) groups is 2. The number of rotatable bonds is 8. The number of nitrogens with one attached hydrogen (secondary N) is 2. The number of alkyl carbamates (subject to hydrolysis) is 1. The third kappa shape index (κ3) is 5.89. The van der Waals surface area contributed by atoms with E-state index in [9.17, 15) is 14.9 Å². The van der Waals surface area contributed by atoms with E-state index in [4.69, 9.17) is 9.47 Å². The second kappa shape index (κ2) is 11.3. The van der Waals surface area contributed by atoms with Gasteiger partial charge in [0, 0.05) is 23.1 Å². The number of nitrogens with zero attached hydrogens (tertiary/aromatic N) is 1. The highest BCUT2D eigenvalue weighted by Gasteiger charge is 2.27. The van der Waals surface area contributed by atoms with Crippen LogP contribution in [0.5, 0.6) is 5.75 Å². The van der Waals surface area contributed by atoms with Crippen LogP contribution in [-0.2, 0) is 22.4 Å². The van der Waals surface area contributed by atoms with Gasteiger partial charge < -0.3 is 20.1 Å². The maximum Gasteiger partial charge on any atom is 0.407 e. The Balaban J connectivity index is 1.66. The molecule has 1 aliphatic rings. The van der Waals surface area contributed by atoms with Gasteiger partial charge >= 0.3 is 6.09 Å². The number of fused-ring (bicyclic) bond motifs is 1. The van der Waals surface area contributed by atoms with Crippen molar-refractivity contribution in [1.82, 2.24) is 5.32 Å². The number of amides is 2. The van der Waals surface area contributed by atoms with Crippen LogP contribution in [0.2, 0.25) is 0 Å². The molecule has 1 aromatic carbocycles. The van der Waals surface area contributed by atoms with Gasteiger partial charge in [-0.15, -0.1) is 11.3 Å². The predicted molar refractivity (Wildman–Crippen MR) is 125 cm³/mol. The zero-order valence-electron chi connectivity index (χ0n) is 18.3. The zero-order valence-corrected chi connectivity index (χ0v) is 19.1. The molecule has 8 heteroatoms. The summed E-state index contributed by atoms with van der Waals surface area (Å²) < 4.78 is 10.8. The lowest BCUT2D eigenvalue weighted by Gasteiger charge is -2.21. The number of nitriles is 1. The lowest BCUT2D eigenvalue weighted by atomic mass is 9.88. The van der Waals surface area contributed by atoms with E-state index in [0.29, 0.717) is 36.1 Å². The lowest BCUT2D eigenvalue weighted by Crippen LogP contribution is -2.27. The Hall–Kier alpha value is -3.31. The van der Waals surface area contributed by atoms with Crippen LogP contribution in [0.4, 0.5) is 9.80 Å². The van der Waals surface area contributed by atoms with E-state index in [1.165, 1.54) is 17.4 Å². The smallest absolute Gasteiger partial charge is 0.407 e. The molecular formula is C24H27N3O4S. The van der Waals surface area contributed by atoms with Crippen molar-refractivity contribution in [2.75, 3.05) is 25.1 Å². The van der Waals surface area contributed by atoms with Crippen LogP contribution in [0.1, 0.15) is 41.8 Å². The van der Waals surface area contributed by atoms with Crippen molar-refractivity contribution in [2.24, 2.45) is 5.92 Å². The van der Waals surface area contributed by atoms with Gasteiger partial charge in [0.15, 0.2) is 0 Å². The normalized spacial score (nSPS) is 15.0. The molecule has 1 atom stereocenters. The maximum absolute atomic E-state index is 12.5. The summed E-state index contributed by atoms with van der Waals surface area (Å²) in [6, 6.07) is 9.74. The van der Waals surface area contributed by atoms with Crippen molar-refractivity contribution < 1.29 is 19.1 Å². The van der Waals surface area contributed by atoms with Gasteiger partial charge in [-0.25, -0.2) is 4.79 Å². The van der Waals surface area contributed by atoms with Gasteiger partial charge in [-0.1, -0.05) is 18.2 Å². The number of benzene rings is 1. The average Bonchev–Trinajstić information content (AvgIpc) is 3.13. The molecule has 7 nitrogen and oxygen atoms in total. The fourth-order valence-electron chi connectivity index (χ4n) is 3.62. The van der Waals surface area contributed by atoms with E-state index in [-0.39, 0.29) is 11.8 Å². The summed E-state index contributed by atoms with van der Waals surface area (Å²) >= 11 is 1.43. The molecule has 3 rings (SSSR count). The van der Waals surface area contributed by atoms with Gasteiger partial charge in [0.25, 0.3) is 0 Å². The predicted octanol–water partition coefficient (Wildman–Crippen LogP) is 4.52. The molecule has 0 spiro atoms. The maximum atomic E-state index is 12.5. The van der Waals surface area contributed by atoms with Gasteiger partial charge in [0.2, 0.25) is 5.91 Å². The van der Waals surface area contributed by atoms with Crippen LogP contribution >= 0.6 is 11.3 Å². The number of carbonyl (C=O) groups excluding carboxylic acids is 2. The summed E-state index contributed by atoms with van der Waals surface area (Å²) in [6.07, 6.45) is 5.02. The molecule has 1 heterocycles. The molecule has 2 aromatic rings. The minimum Gasteiger partial charge on any atom is -0.493 e. The number of thiophene rings is 1. The summed E-state index contributed by atoms with van der Waals surface area (Å²) in [5.41, 5.74) is 2.34. The van der Waals surface area contributed by atoms with Crippen LogP contribution in [0, 0.1) is 17.2 Å². The van der Waals surface area contributed by atoms with Crippen LogP contribution in [0.25, 0.3) is 6.08 Å². The zero-order chi connectivity index (χ0) is 22.9. The first kappa shape index (κ1) is 23.4. The molecule has 0 fully saturated rings. The summed E-state index contributed by atoms with van der Waals surface area (Å²) in [7, 11) is 0. The van der Waals surface area contributed by atoms with Crippen LogP contribution in [0.15, 0.2) is 30.3 Å². The number of anilines is 1. The third-order valence-electron chi connectivity index (χ3n) is 5.12. The number of hydrogen-bond acceptors (Lipinski definition) is 6. The van der Waals surface area contributed by atoms with Gasteiger partial charge in [0.05, 0.1) is 18.8 Å². The largest absolute Gasteiger partial charge is 0.493 e. The quantitative estimate of drug-likeness (QED) is 0.572. The highest BCUT2D eigenvalue weighted by molar-refractivity contribution is 7.16. The summed E-state index contributed by atoms with van der Waals surface area (Å²) in [5, 5.41) is 15.7.